The Morgan fingerprint density at radius 1 is 1.18 bits per heavy atom. The molecule has 2 rings (SSSR count). The molecule has 0 radical (unpaired) electrons. The molecule has 3 atom stereocenters. The second kappa shape index (κ2) is 12.7. The van der Waals surface area contributed by atoms with Crippen LogP contribution in [0.15, 0.2) is 30.3 Å². The Kier molecular flexibility index (Phi) is 10.4. The molecule has 1 aliphatic rings. The Morgan fingerprint density at radius 3 is 2.52 bits per heavy atom. The van der Waals surface area contributed by atoms with Crippen LogP contribution in [0.25, 0.3) is 0 Å². The standard InChI is InChI=1S/C26H40N2O5/c1-6-7-18-32-24(30)21(16-15-20-12-9-8-10-13-20)27-19(2)23(29)28-17-11-14-22(28)25(31)33-26(3,4)5/h8-10,12-13,19,21-22,27H,6-7,11,14-18H2,1-5H3/t19-,21+,22+/m0/s1. The molecule has 1 amide bonds. The van der Waals surface area contributed by atoms with Gasteiger partial charge >= 0.3 is 11.9 Å². The fourth-order valence-electron chi connectivity index (χ4n) is 3.91. The third-order valence-electron chi connectivity index (χ3n) is 5.63. The van der Waals surface area contributed by atoms with Gasteiger partial charge in [0.2, 0.25) is 5.91 Å². The molecule has 1 aromatic carbocycles. The third-order valence-corrected chi connectivity index (χ3v) is 5.63. The van der Waals surface area contributed by atoms with E-state index < -0.39 is 23.7 Å². The second-order valence-electron chi connectivity index (χ2n) is 9.71. The van der Waals surface area contributed by atoms with Crippen molar-refractivity contribution in [1.29, 1.82) is 0 Å². The van der Waals surface area contributed by atoms with Gasteiger partial charge in [0.1, 0.15) is 17.7 Å². The zero-order valence-electron chi connectivity index (χ0n) is 20.8. The lowest BCUT2D eigenvalue weighted by Crippen LogP contribution is -2.54. The summed E-state index contributed by atoms with van der Waals surface area (Å²) in [5.74, 6) is -0.918. The number of aryl methyl sites for hydroxylation is 1. The molecule has 1 aromatic rings. The summed E-state index contributed by atoms with van der Waals surface area (Å²) < 4.78 is 11.0. The lowest BCUT2D eigenvalue weighted by molar-refractivity contribution is -0.163. The highest BCUT2D eigenvalue weighted by Crippen LogP contribution is 2.22. The number of hydrogen-bond donors (Lipinski definition) is 1. The van der Waals surface area contributed by atoms with Crippen LogP contribution in [-0.4, -0.2) is 59.6 Å². The zero-order valence-corrected chi connectivity index (χ0v) is 20.8. The van der Waals surface area contributed by atoms with Crippen LogP contribution in [0.2, 0.25) is 0 Å². The lowest BCUT2D eigenvalue weighted by atomic mass is 10.0. The van der Waals surface area contributed by atoms with Gasteiger partial charge in [-0.2, -0.15) is 0 Å². The predicted octanol–water partition coefficient (Wildman–Crippen LogP) is 3.64. The second-order valence-corrected chi connectivity index (χ2v) is 9.71. The molecule has 184 valence electrons. The fraction of sp³-hybridized carbons (Fsp3) is 0.654. The molecule has 1 N–H and O–H groups in total. The molecule has 1 fully saturated rings. The van der Waals surface area contributed by atoms with Crippen LogP contribution in [0.5, 0.6) is 0 Å². The van der Waals surface area contributed by atoms with E-state index in [1.54, 1.807) is 11.8 Å². The third kappa shape index (κ3) is 8.80. The van der Waals surface area contributed by atoms with Gasteiger partial charge in [-0.15, -0.1) is 0 Å². The number of nitrogens with zero attached hydrogens (tertiary/aromatic N) is 1. The molecule has 33 heavy (non-hydrogen) atoms. The first-order chi connectivity index (χ1) is 15.6. The Labute approximate surface area is 198 Å². The van der Waals surface area contributed by atoms with Crippen molar-refractivity contribution in [3.8, 4) is 0 Å². The highest BCUT2D eigenvalue weighted by Gasteiger charge is 2.39. The van der Waals surface area contributed by atoms with Crippen molar-refractivity contribution in [1.82, 2.24) is 10.2 Å². The highest BCUT2D eigenvalue weighted by atomic mass is 16.6. The molecule has 7 heteroatoms. The van der Waals surface area contributed by atoms with E-state index in [1.165, 1.54) is 0 Å². The van der Waals surface area contributed by atoms with Crippen LogP contribution in [0, 0.1) is 0 Å². The minimum Gasteiger partial charge on any atom is -0.465 e. The van der Waals surface area contributed by atoms with Crippen molar-refractivity contribution in [2.24, 2.45) is 0 Å². The summed E-state index contributed by atoms with van der Waals surface area (Å²) in [7, 11) is 0. The first-order valence-corrected chi connectivity index (χ1v) is 12.1. The number of amides is 1. The van der Waals surface area contributed by atoms with Gasteiger partial charge in [-0.1, -0.05) is 43.7 Å². The summed E-state index contributed by atoms with van der Waals surface area (Å²) in [6.45, 7) is 10.1. The number of unbranched alkanes of at least 4 members (excludes halogenated alkanes) is 1. The van der Waals surface area contributed by atoms with Crippen LogP contribution in [0.3, 0.4) is 0 Å². The average molecular weight is 461 g/mol. The molecular weight excluding hydrogens is 420 g/mol. The van der Waals surface area contributed by atoms with Gasteiger partial charge in [-0.3, -0.25) is 14.9 Å². The van der Waals surface area contributed by atoms with Crippen molar-refractivity contribution in [2.45, 2.75) is 96.9 Å². The topological polar surface area (TPSA) is 84.9 Å². The Hall–Kier alpha value is -2.41. The number of esters is 2. The number of ether oxygens (including phenoxy) is 2. The van der Waals surface area contributed by atoms with Crippen molar-refractivity contribution >= 4 is 17.8 Å². The van der Waals surface area contributed by atoms with Crippen LogP contribution in [0.4, 0.5) is 0 Å². The summed E-state index contributed by atoms with van der Waals surface area (Å²) in [5.41, 5.74) is 0.512. The van der Waals surface area contributed by atoms with Gasteiger partial charge in [-0.25, -0.2) is 4.79 Å². The molecule has 7 nitrogen and oxygen atoms in total. The first-order valence-electron chi connectivity index (χ1n) is 12.1. The molecule has 0 spiro atoms. The minimum absolute atomic E-state index is 0.200. The van der Waals surface area contributed by atoms with Gasteiger partial charge in [0.15, 0.2) is 0 Å². The Bertz CT molecular complexity index is 775. The first kappa shape index (κ1) is 26.8. The molecule has 0 aliphatic carbocycles. The van der Waals surface area contributed by atoms with Gasteiger partial charge in [0, 0.05) is 6.54 Å². The molecule has 0 bridgehead atoms. The van der Waals surface area contributed by atoms with Crippen LogP contribution >= 0.6 is 0 Å². The average Bonchev–Trinajstić information content (AvgIpc) is 3.25. The SMILES string of the molecule is CCCCOC(=O)[C@@H](CCc1ccccc1)N[C@@H](C)C(=O)N1CCC[C@@H]1C(=O)OC(C)(C)C. The number of hydrogen-bond acceptors (Lipinski definition) is 6. The van der Waals surface area contributed by atoms with Crippen molar-refractivity contribution in [2.75, 3.05) is 13.2 Å². The molecular formula is C26H40N2O5. The number of benzene rings is 1. The summed E-state index contributed by atoms with van der Waals surface area (Å²) >= 11 is 0. The van der Waals surface area contributed by atoms with Gasteiger partial charge < -0.3 is 14.4 Å². The summed E-state index contributed by atoms with van der Waals surface area (Å²) in [6.07, 6.45) is 4.28. The maximum Gasteiger partial charge on any atom is 0.329 e. The van der Waals surface area contributed by atoms with Crippen molar-refractivity contribution < 1.29 is 23.9 Å². The van der Waals surface area contributed by atoms with E-state index in [9.17, 15) is 14.4 Å². The summed E-state index contributed by atoms with van der Waals surface area (Å²) in [5, 5.41) is 3.18. The van der Waals surface area contributed by atoms with Crippen molar-refractivity contribution in [3.63, 3.8) is 0 Å². The minimum atomic E-state index is -0.632. The van der Waals surface area contributed by atoms with E-state index in [0.717, 1.165) is 24.8 Å². The molecule has 0 unspecified atom stereocenters. The van der Waals surface area contributed by atoms with Gasteiger partial charge in [0.05, 0.1) is 12.6 Å². The number of rotatable bonds is 11. The molecule has 1 aliphatic heterocycles. The maximum absolute atomic E-state index is 13.2. The number of likely N-dealkylation sites (tertiary alicyclic amines) is 1. The Morgan fingerprint density at radius 2 is 1.88 bits per heavy atom. The van der Waals surface area contributed by atoms with E-state index in [4.69, 9.17) is 9.47 Å². The van der Waals surface area contributed by atoms with E-state index in [-0.39, 0.29) is 17.8 Å². The maximum atomic E-state index is 13.2. The number of nitrogens with one attached hydrogen (secondary N) is 1. The van der Waals surface area contributed by atoms with E-state index in [1.807, 2.05) is 58.0 Å². The predicted molar refractivity (Wildman–Crippen MR) is 128 cm³/mol. The molecule has 1 heterocycles. The van der Waals surface area contributed by atoms with Crippen molar-refractivity contribution in [3.05, 3.63) is 35.9 Å². The molecule has 0 saturated carbocycles. The normalized spacial score (nSPS) is 18.0. The van der Waals surface area contributed by atoms with Crippen LogP contribution < -0.4 is 5.32 Å². The van der Waals surface area contributed by atoms with Crippen LogP contribution in [-0.2, 0) is 30.3 Å². The number of carbonyl (C=O) groups is 3. The summed E-state index contributed by atoms with van der Waals surface area (Å²) in [4.78, 5) is 40.2. The zero-order chi connectivity index (χ0) is 24.4. The van der Waals surface area contributed by atoms with Gasteiger partial charge in [-0.05, 0) is 65.4 Å². The lowest BCUT2D eigenvalue weighted by Gasteiger charge is -2.30. The van der Waals surface area contributed by atoms with E-state index in [2.05, 4.69) is 5.32 Å². The Balaban J connectivity index is 2.04. The monoisotopic (exact) mass is 460 g/mol. The number of carbonyl (C=O) groups excluding carboxylic acids is 3. The van der Waals surface area contributed by atoms with E-state index >= 15 is 0 Å². The highest BCUT2D eigenvalue weighted by molar-refractivity contribution is 5.88. The summed E-state index contributed by atoms with van der Waals surface area (Å²) in [6, 6.07) is 8.10. The molecule has 0 aromatic heterocycles. The largest absolute Gasteiger partial charge is 0.465 e. The molecule has 1 saturated heterocycles. The fourth-order valence-corrected chi connectivity index (χ4v) is 3.91. The van der Waals surface area contributed by atoms with Crippen LogP contribution in [0.1, 0.15) is 72.3 Å². The van der Waals surface area contributed by atoms with E-state index in [0.29, 0.717) is 32.4 Å². The van der Waals surface area contributed by atoms with Gasteiger partial charge in [0.25, 0.3) is 0 Å². The smallest absolute Gasteiger partial charge is 0.329 e. The quantitative estimate of drug-likeness (QED) is 0.401.